The van der Waals surface area contributed by atoms with E-state index in [4.69, 9.17) is 16.0 Å². The Morgan fingerprint density at radius 2 is 1.89 bits per heavy atom. The molecule has 0 N–H and O–H groups in total. The maximum absolute atomic E-state index is 13.6. The molecule has 0 bridgehead atoms. The largest absolute Gasteiger partial charge is 0.416 e. The summed E-state index contributed by atoms with van der Waals surface area (Å²) in [5.41, 5.74) is 0.665. The zero-order chi connectivity index (χ0) is 14.0. The molecular weight excluding hydrogens is 267 g/mol. The van der Waals surface area contributed by atoms with Crippen molar-refractivity contribution in [3.05, 3.63) is 34.6 Å². The Labute approximate surface area is 115 Å². The van der Waals surface area contributed by atoms with E-state index >= 15 is 0 Å². The maximum Gasteiger partial charge on any atom is 0.191 e. The Hall–Kier alpha value is -0.383. The lowest BCUT2D eigenvalue weighted by Gasteiger charge is -2.36. The van der Waals surface area contributed by atoms with Gasteiger partial charge in [-0.2, -0.15) is 0 Å². The third-order valence-electron chi connectivity index (χ3n) is 3.66. The second kappa shape index (κ2) is 5.72. The average Bonchev–Trinajstić information content (AvgIpc) is 2.19. The van der Waals surface area contributed by atoms with Crippen LogP contribution in [0.4, 0.5) is 4.39 Å². The van der Waals surface area contributed by atoms with Crippen LogP contribution in [0.2, 0.25) is 23.2 Å². The minimum Gasteiger partial charge on any atom is -0.416 e. The molecule has 0 unspecified atom stereocenters. The minimum atomic E-state index is -1.74. The summed E-state index contributed by atoms with van der Waals surface area (Å²) >= 11 is 5.72. The molecule has 1 rings (SSSR count). The SMILES string of the molecule is CC(C)(C)[Si](C)(C)OCCc1ccc(Cl)cc1F. The number of hydrogen-bond acceptors (Lipinski definition) is 1. The van der Waals surface area contributed by atoms with E-state index in [1.807, 2.05) is 0 Å². The third kappa shape index (κ3) is 4.07. The second-order valence-electron chi connectivity index (χ2n) is 6.09. The smallest absolute Gasteiger partial charge is 0.191 e. The Bertz CT molecular complexity index is 413. The van der Waals surface area contributed by atoms with Gasteiger partial charge in [-0.3, -0.25) is 0 Å². The highest BCUT2D eigenvalue weighted by Crippen LogP contribution is 2.36. The van der Waals surface area contributed by atoms with Crippen molar-refractivity contribution in [1.29, 1.82) is 0 Å². The monoisotopic (exact) mass is 288 g/mol. The number of rotatable bonds is 4. The molecule has 1 aromatic rings. The van der Waals surface area contributed by atoms with E-state index in [0.29, 0.717) is 23.6 Å². The van der Waals surface area contributed by atoms with Crippen LogP contribution in [0.1, 0.15) is 26.3 Å². The molecule has 18 heavy (non-hydrogen) atoms. The Morgan fingerprint density at radius 3 is 2.39 bits per heavy atom. The van der Waals surface area contributed by atoms with Gasteiger partial charge in [0.1, 0.15) is 5.82 Å². The molecule has 0 saturated carbocycles. The van der Waals surface area contributed by atoms with E-state index in [1.54, 1.807) is 12.1 Å². The van der Waals surface area contributed by atoms with Gasteiger partial charge in [0.15, 0.2) is 8.32 Å². The van der Waals surface area contributed by atoms with E-state index in [-0.39, 0.29) is 10.9 Å². The van der Waals surface area contributed by atoms with Gasteiger partial charge < -0.3 is 4.43 Å². The molecule has 0 spiro atoms. The van der Waals surface area contributed by atoms with Crippen LogP contribution in [-0.2, 0) is 10.8 Å². The van der Waals surface area contributed by atoms with Crippen molar-refractivity contribution in [3.8, 4) is 0 Å². The Balaban J connectivity index is 2.57. The number of benzene rings is 1. The highest BCUT2D eigenvalue weighted by atomic mass is 35.5. The summed E-state index contributed by atoms with van der Waals surface area (Å²) in [6, 6.07) is 4.79. The van der Waals surface area contributed by atoms with Crippen LogP contribution in [0.3, 0.4) is 0 Å². The molecule has 0 radical (unpaired) electrons. The predicted molar refractivity (Wildman–Crippen MR) is 78.3 cm³/mol. The van der Waals surface area contributed by atoms with Gasteiger partial charge in [-0.25, -0.2) is 4.39 Å². The van der Waals surface area contributed by atoms with Crippen molar-refractivity contribution in [3.63, 3.8) is 0 Å². The fourth-order valence-corrected chi connectivity index (χ4v) is 2.56. The normalized spacial score (nSPS) is 12.8. The summed E-state index contributed by atoms with van der Waals surface area (Å²) in [4.78, 5) is 0. The van der Waals surface area contributed by atoms with Crippen molar-refractivity contribution in [2.24, 2.45) is 0 Å². The standard InChI is InChI=1S/C14H22ClFOSi/c1-14(2,3)18(4,5)17-9-8-11-6-7-12(15)10-13(11)16/h6-7,10H,8-9H2,1-5H3. The summed E-state index contributed by atoms with van der Waals surface area (Å²) < 4.78 is 19.6. The Morgan fingerprint density at radius 1 is 1.28 bits per heavy atom. The summed E-state index contributed by atoms with van der Waals surface area (Å²) in [7, 11) is -1.74. The van der Waals surface area contributed by atoms with Crippen LogP contribution in [0.5, 0.6) is 0 Å². The highest BCUT2D eigenvalue weighted by Gasteiger charge is 2.36. The predicted octanol–water partition coefficient (Wildman–Crippen LogP) is 5.04. The molecule has 0 aliphatic carbocycles. The molecule has 0 heterocycles. The molecule has 0 amide bonds. The van der Waals surface area contributed by atoms with Crippen LogP contribution in [0, 0.1) is 5.82 Å². The fraction of sp³-hybridized carbons (Fsp3) is 0.571. The second-order valence-corrected chi connectivity index (χ2v) is 11.3. The van der Waals surface area contributed by atoms with E-state index in [0.717, 1.165) is 0 Å². The summed E-state index contributed by atoms with van der Waals surface area (Å²) in [5.74, 6) is -0.249. The molecule has 102 valence electrons. The van der Waals surface area contributed by atoms with Gasteiger partial charge in [0, 0.05) is 11.6 Å². The molecule has 1 nitrogen and oxygen atoms in total. The van der Waals surface area contributed by atoms with E-state index in [1.165, 1.54) is 6.07 Å². The van der Waals surface area contributed by atoms with Gasteiger partial charge in [0.05, 0.1) is 0 Å². The molecule has 0 fully saturated rings. The summed E-state index contributed by atoms with van der Waals surface area (Å²) in [6.45, 7) is 11.6. The van der Waals surface area contributed by atoms with Gasteiger partial charge in [-0.1, -0.05) is 38.4 Å². The maximum atomic E-state index is 13.6. The van der Waals surface area contributed by atoms with Crippen molar-refractivity contribution in [2.75, 3.05) is 6.61 Å². The number of halogens is 2. The first-order valence-corrected chi connectivity index (χ1v) is 9.50. The van der Waals surface area contributed by atoms with Gasteiger partial charge >= 0.3 is 0 Å². The van der Waals surface area contributed by atoms with Crippen LogP contribution in [0.25, 0.3) is 0 Å². The van der Waals surface area contributed by atoms with E-state index in [2.05, 4.69) is 33.9 Å². The van der Waals surface area contributed by atoms with Crippen molar-refractivity contribution in [1.82, 2.24) is 0 Å². The molecular formula is C14H22ClFOSi. The molecule has 1 aromatic carbocycles. The molecule has 0 aromatic heterocycles. The van der Waals surface area contributed by atoms with Gasteiger partial charge in [-0.05, 0) is 42.2 Å². The van der Waals surface area contributed by atoms with Crippen molar-refractivity contribution < 1.29 is 8.82 Å². The van der Waals surface area contributed by atoms with Crippen LogP contribution in [0.15, 0.2) is 18.2 Å². The summed E-state index contributed by atoms with van der Waals surface area (Å²) in [5, 5.41) is 0.618. The van der Waals surface area contributed by atoms with Crippen molar-refractivity contribution >= 4 is 19.9 Å². The first-order valence-electron chi connectivity index (χ1n) is 6.21. The quantitative estimate of drug-likeness (QED) is 0.705. The lowest BCUT2D eigenvalue weighted by molar-refractivity contribution is 0.290. The zero-order valence-electron chi connectivity index (χ0n) is 11.8. The molecule has 0 saturated heterocycles. The van der Waals surface area contributed by atoms with Crippen LogP contribution in [-0.4, -0.2) is 14.9 Å². The average molecular weight is 289 g/mol. The fourth-order valence-electron chi connectivity index (χ4n) is 1.36. The van der Waals surface area contributed by atoms with Crippen LogP contribution >= 0.6 is 11.6 Å². The first-order chi connectivity index (χ1) is 8.13. The van der Waals surface area contributed by atoms with Crippen LogP contribution < -0.4 is 0 Å². The molecule has 0 aliphatic heterocycles. The minimum absolute atomic E-state index is 0.186. The van der Waals surface area contributed by atoms with E-state index in [9.17, 15) is 4.39 Å². The van der Waals surface area contributed by atoms with Gasteiger partial charge in [0.2, 0.25) is 0 Å². The topological polar surface area (TPSA) is 9.23 Å². The Kier molecular flexibility index (Phi) is 4.98. The third-order valence-corrected chi connectivity index (χ3v) is 8.43. The molecule has 0 atom stereocenters. The summed E-state index contributed by atoms with van der Waals surface area (Å²) in [6.07, 6.45) is 0.593. The van der Waals surface area contributed by atoms with Gasteiger partial charge in [-0.15, -0.1) is 0 Å². The molecule has 4 heteroatoms. The zero-order valence-corrected chi connectivity index (χ0v) is 13.6. The first kappa shape index (κ1) is 15.7. The van der Waals surface area contributed by atoms with Crippen molar-refractivity contribution in [2.45, 2.75) is 45.3 Å². The molecule has 0 aliphatic rings. The lowest BCUT2D eigenvalue weighted by Crippen LogP contribution is -2.41. The number of hydrogen-bond donors (Lipinski definition) is 0. The highest BCUT2D eigenvalue weighted by molar-refractivity contribution is 6.74. The lowest BCUT2D eigenvalue weighted by atomic mass is 10.1. The van der Waals surface area contributed by atoms with E-state index < -0.39 is 8.32 Å². The van der Waals surface area contributed by atoms with Gasteiger partial charge in [0.25, 0.3) is 0 Å².